The minimum atomic E-state index is 0.0166. The standard InChI is InChI=1S/C11H17N3O/c1-9-3-5-13(2)10(7-9)11(15)14-6-4-12-8-14/h4,6,8-10H,3,5,7H2,1-2H3. The van der Waals surface area contributed by atoms with Crippen LogP contribution in [0.3, 0.4) is 0 Å². The number of carbonyl (C=O) groups excluding carboxylic acids is 1. The van der Waals surface area contributed by atoms with Crippen LogP contribution in [0.4, 0.5) is 0 Å². The molecule has 4 heteroatoms. The summed E-state index contributed by atoms with van der Waals surface area (Å²) in [6, 6.07) is 0.0166. The number of hydrogen-bond acceptors (Lipinski definition) is 3. The van der Waals surface area contributed by atoms with E-state index >= 15 is 0 Å². The summed E-state index contributed by atoms with van der Waals surface area (Å²) in [5.74, 6) is 0.778. The van der Waals surface area contributed by atoms with Gasteiger partial charge >= 0.3 is 0 Å². The summed E-state index contributed by atoms with van der Waals surface area (Å²) in [6.45, 7) is 3.22. The van der Waals surface area contributed by atoms with E-state index in [9.17, 15) is 4.79 Å². The molecule has 15 heavy (non-hydrogen) atoms. The van der Waals surface area contributed by atoms with Crippen LogP contribution in [-0.4, -0.2) is 40.0 Å². The Hall–Kier alpha value is -1.16. The molecule has 1 saturated heterocycles. The first-order valence-electron chi connectivity index (χ1n) is 5.41. The predicted octanol–water partition coefficient (Wildman–Crippen LogP) is 1.25. The van der Waals surface area contributed by atoms with E-state index in [4.69, 9.17) is 0 Å². The molecule has 0 aromatic carbocycles. The van der Waals surface area contributed by atoms with Gasteiger partial charge < -0.3 is 0 Å². The molecule has 82 valence electrons. The van der Waals surface area contributed by atoms with Crippen LogP contribution in [0.2, 0.25) is 0 Å². The summed E-state index contributed by atoms with van der Waals surface area (Å²) in [5.41, 5.74) is 0. The van der Waals surface area contributed by atoms with Crippen molar-refractivity contribution < 1.29 is 4.79 Å². The van der Waals surface area contributed by atoms with Crippen LogP contribution in [0.5, 0.6) is 0 Å². The van der Waals surface area contributed by atoms with Crippen molar-refractivity contribution in [3.05, 3.63) is 18.7 Å². The Morgan fingerprint density at radius 1 is 1.53 bits per heavy atom. The first kappa shape index (κ1) is 10.4. The third kappa shape index (κ3) is 2.09. The average molecular weight is 207 g/mol. The minimum absolute atomic E-state index is 0.0166. The number of piperidine rings is 1. The lowest BCUT2D eigenvalue weighted by molar-refractivity contribution is 0.0659. The molecule has 1 aromatic heterocycles. The van der Waals surface area contributed by atoms with Crippen LogP contribution in [-0.2, 0) is 0 Å². The highest BCUT2D eigenvalue weighted by Gasteiger charge is 2.29. The second kappa shape index (κ2) is 4.14. The van der Waals surface area contributed by atoms with E-state index in [1.165, 1.54) is 6.42 Å². The molecule has 0 amide bonds. The van der Waals surface area contributed by atoms with Gasteiger partial charge in [0.15, 0.2) is 0 Å². The van der Waals surface area contributed by atoms with Gasteiger partial charge in [-0.25, -0.2) is 4.98 Å². The Balaban J connectivity index is 2.12. The van der Waals surface area contributed by atoms with Crippen molar-refractivity contribution in [1.29, 1.82) is 0 Å². The van der Waals surface area contributed by atoms with Gasteiger partial charge in [0.25, 0.3) is 0 Å². The molecular formula is C11H17N3O. The third-order valence-electron chi connectivity index (χ3n) is 3.18. The molecule has 1 aromatic rings. The van der Waals surface area contributed by atoms with Crippen LogP contribution in [0.1, 0.15) is 24.6 Å². The molecule has 2 unspecified atom stereocenters. The number of hydrogen-bond donors (Lipinski definition) is 0. The molecule has 2 heterocycles. The first-order chi connectivity index (χ1) is 7.18. The average Bonchev–Trinajstić information content (AvgIpc) is 2.74. The van der Waals surface area contributed by atoms with E-state index in [1.54, 1.807) is 23.3 Å². The van der Waals surface area contributed by atoms with Crippen LogP contribution < -0.4 is 0 Å². The second-order valence-corrected chi connectivity index (χ2v) is 4.43. The predicted molar refractivity (Wildman–Crippen MR) is 57.7 cm³/mol. The summed E-state index contributed by atoms with van der Waals surface area (Å²) in [6.07, 6.45) is 7.08. The molecule has 0 radical (unpaired) electrons. The highest BCUT2D eigenvalue weighted by molar-refractivity contribution is 5.84. The molecule has 0 aliphatic carbocycles. The quantitative estimate of drug-likeness (QED) is 0.695. The van der Waals surface area contributed by atoms with E-state index in [-0.39, 0.29) is 11.9 Å². The number of rotatable bonds is 1. The van der Waals surface area contributed by atoms with Crippen molar-refractivity contribution >= 4 is 5.91 Å². The van der Waals surface area contributed by atoms with Crippen molar-refractivity contribution in [2.45, 2.75) is 25.8 Å². The maximum Gasteiger partial charge on any atom is 0.249 e. The third-order valence-corrected chi connectivity index (χ3v) is 3.18. The second-order valence-electron chi connectivity index (χ2n) is 4.43. The molecule has 0 bridgehead atoms. The van der Waals surface area contributed by atoms with E-state index in [1.807, 2.05) is 7.05 Å². The molecule has 0 N–H and O–H groups in total. The zero-order valence-electron chi connectivity index (χ0n) is 9.26. The minimum Gasteiger partial charge on any atom is -0.295 e. The molecule has 1 aliphatic rings. The Morgan fingerprint density at radius 3 is 3.00 bits per heavy atom. The Kier molecular flexibility index (Phi) is 2.86. The van der Waals surface area contributed by atoms with Gasteiger partial charge in [-0.3, -0.25) is 14.3 Å². The normalized spacial score (nSPS) is 27.9. The monoisotopic (exact) mass is 207 g/mol. The van der Waals surface area contributed by atoms with E-state index < -0.39 is 0 Å². The molecule has 4 nitrogen and oxygen atoms in total. The van der Waals surface area contributed by atoms with Gasteiger partial charge in [0.05, 0.1) is 6.04 Å². The Morgan fingerprint density at radius 2 is 2.33 bits per heavy atom. The molecule has 0 saturated carbocycles. The number of imidazole rings is 1. The van der Waals surface area contributed by atoms with E-state index in [2.05, 4.69) is 16.8 Å². The van der Waals surface area contributed by atoms with Gasteiger partial charge in [0, 0.05) is 12.4 Å². The summed E-state index contributed by atoms with van der Waals surface area (Å²) >= 11 is 0. The lowest BCUT2D eigenvalue weighted by Gasteiger charge is -2.34. The molecule has 0 spiro atoms. The Bertz CT molecular complexity index is 334. The van der Waals surface area contributed by atoms with Gasteiger partial charge in [-0.1, -0.05) is 6.92 Å². The summed E-state index contributed by atoms with van der Waals surface area (Å²) < 4.78 is 1.58. The lowest BCUT2D eigenvalue weighted by atomic mass is 9.92. The van der Waals surface area contributed by atoms with Gasteiger partial charge in [0.2, 0.25) is 5.91 Å². The van der Waals surface area contributed by atoms with Crippen molar-refractivity contribution in [2.24, 2.45) is 5.92 Å². The fourth-order valence-electron chi connectivity index (χ4n) is 2.11. The van der Waals surface area contributed by atoms with Crippen LogP contribution in [0.25, 0.3) is 0 Å². The summed E-state index contributed by atoms with van der Waals surface area (Å²) in [4.78, 5) is 18.1. The van der Waals surface area contributed by atoms with Crippen LogP contribution in [0.15, 0.2) is 18.7 Å². The Labute approximate surface area is 89.9 Å². The molecule has 1 aliphatic heterocycles. The highest BCUT2D eigenvalue weighted by Crippen LogP contribution is 2.22. The molecule has 1 fully saturated rings. The smallest absolute Gasteiger partial charge is 0.249 e. The summed E-state index contributed by atoms with van der Waals surface area (Å²) in [7, 11) is 2.02. The number of aromatic nitrogens is 2. The SMILES string of the molecule is CC1CCN(C)C(C(=O)n2ccnc2)C1. The van der Waals surface area contributed by atoms with Crippen LogP contribution in [0, 0.1) is 5.92 Å². The van der Waals surface area contributed by atoms with Gasteiger partial charge in [-0.2, -0.15) is 0 Å². The number of nitrogens with zero attached hydrogens (tertiary/aromatic N) is 3. The van der Waals surface area contributed by atoms with E-state index in [0.29, 0.717) is 5.92 Å². The molecule has 2 atom stereocenters. The maximum atomic E-state index is 12.1. The maximum absolute atomic E-state index is 12.1. The number of likely N-dealkylation sites (tertiary alicyclic amines) is 1. The fraction of sp³-hybridized carbons (Fsp3) is 0.636. The number of likely N-dealkylation sites (N-methyl/N-ethyl adjacent to an activating group) is 1. The van der Waals surface area contributed by atoms with Crippen molar-refractivity contribution in [1.82, 2.24) is 14.5 Å². The highest BCUT2D eigenvalue weighted by atomic mass is 16.2. The molecule has 2 rings (SSSR count). The van der Waals surface area contributed by atoms with Crippen molar-refractivity contribution in [3.63, 3.8) is 0 Å². The van der Waals surface area contributed by atoms with Gasteiger partial charge in [0.1, 0.15) is 6.33 Å². The zero-order valence-corrected chi connectivity index (χ0v) is 9.26. The fourth-order valence-corrected chi connectivity index (χ4v) is 2.11. The molecular weight excluding hydrogens is 190 g/mol. The van der Waals surface area contributed by atoms with Crippen molar-refractivity contribution in [2.75, 3.05) is 13.6 Å². The lowest BCUT2D eigenvalue weighted by Crippen LogP contribution is -2.46. The van der Waals surface area contributed by atoms with Gasteiger partial charge in [-0.15, -0.1) is 0 Å². The zero-order chi connectivity index (χ0) is 10.8. The van der Waals surface area contributed by atoms with Crippen molar-refractivity contribution in [3.8, 4) is 0 Å². The largest absolute Gasteiger partial charge is 0.295 e. The topological polar surface area (TPSA) is 38.1 Å². The summed E-state index contributed by atoms with van der Waals surface area (Å²) in [5, 5.41) is 0. The first-order valence-corrected chi connectivity index (χ1v) is 5.41. The number of carbonyl (C=O) groups is 1. The van der Waals surface area contributed by atoms with Gasteiger partial charge in [-0.05, 0) is 32.4 Å². The van der Waals surface area contributed by atoms with Crippen LogP contribution >= 0.6 is 0 Å². The van der Waals surface area contributed by atoms with E-state index in [0.717, 1.165) is 13.0 Å².